The lowest BCUT2D eigenvalue weighted by Crippen LogP contribution is -2.19. The van der Waals surface area contributed by atoms with Crippen LogP contribution in [0.2, 0.25) is 0 Å². The van der Waals surface area contributed by atoms with E-state index in [0.29, 0.717) is 23.3 Å². The fourth-order valence-electron chi connectivity index (χ4n) is 3.35. The molecule has 0 atom stereocenters. The molecule has 3 aromatic heterocycles. The second kappa shape index (κ2) is 8.70. The van der Waals surface area contributed by atoms with E-state index in [-0.39, 0.29) is 12.2 Å². The summed E-state index contributed by atoms with van der Waals surface area (Å²) in [7, 11) is -2.04. The lowest BCUT2D eigenvalue weighted by Gasteiger charge is -2.11. The Morgan fingerprint density at radius 1 is 1.18 bits per heavy atom. The van der Waals surface area contributed by atoms with Gasteiger partial charge in [0.1, 0.15) is 5.82 Å². The Hall–Kier alpha value is -3.67. The number of hydrogen-bond acceptors (Lipinski definition) is 6. The minimum absolute atomic E-state index is 0.232. The molecule has 9 nitrogen and oxygen atoms in total. The number of carbonyl (C=O) groups excluding carboxylic acids is 1. The first kappa shape index (κ1) is 22.5. The third-order valence-corrected chi connectivity index (χ3v) is 6.32. The zero-order chi connectivity index (χ0) is 23.8. The van der Waals surface area contributed by atoms with E-state index in [9.17, 15) is 22.0 Å². The van der Waals surface area contributed by atoms with Crippen LogP contribution in [-0.2, 0) is 23.5 Å². The molecule has 12 heteroatoms. The van der Waals surface area contributed by atoms with Crippen molar-refractivity contribution in [2.75, 3.05) is 10.5 Å². The number of hydrogen-bond donors (Lipinski definition) is 1. The van der Waals surface area contributed by atoms with Gasteiger partial charge < -0.3 is 0 Å². The third kappa shape index (κ3) is 4.75. The molecule has 0 amide bonds. The molecule has 0 fully saturated rings. The summed E-state index contributed by atoms with van der Waals surface area (Å²) in [5.74, 6) is -3.43. The van der Waals surface area contributed by atoms with Crippen molar-refractivity contribution in [3.05, 3.63) is 65.7 Å². The van der Waals surface area contributed by atoms with E-state index in [4.69, 9.17) is 0 Å². The van der Waals surface area contributed by atoms with Gasteiger partial charge in [0, 0.05) is 43.7 Å². The average Bonchev–Trinajstić information content (AvgIpc) is 3.36. The van der Waals surface area contributed by atoms with Crippen LogP contribution in [0.3, 0.4) is 0 Å². The van der Waals surface area contributed by atoms with Crippen LogP contribution < -0.4 is 4.72 Å². The molecule has 0 aliphatic heterocycles. The number of benzene rings is 1. The number of aromatic nitrogens is 5. The van der Waals surface area contributed by atoms with Gasteiger partial charge in [-0.25, -0.2) is 26.7 Å². The number of fused-ring (bicyclic) bond motifs is 1. The summed E-state index contributed by atoms with van der Waals surface area (Å²) in [5, 5.41) is 8.51. The summed E-state index contributed by atoms with van der Waals surface area (Å²) in [6.07, 6.45) is 6.37. The van der Waals surface area contributed by atoms with Gasteiger partial charge in [-0.1, -0.05) is 6.92 Å². The molecule has 0 unspecified atom stereocenters. The number of halogens is 2. The number of Topliss-reactive ketones (excluding diaryl/α,β-unsaturated/α-hetero) is 1. The van der Waals surface area contributed by atoms with Gasteiger partial charge in [-0.3, -0.25) is 14.2 Å². The highest BCUT2D eigenvalue weighted by Crippen LogP contribution is 2.24. The van der Waals surface area contributed by atoms with E-state index >= 15 is 0 Å². The molecule has 0 radical (unpaired) electrons. The van der Waals surface area contributed by atoms with Gasteiger partial charge in [0.2, 0.25) is 10.0 Å². The monoisotopic (exact) mass is 474 g/mol. The Kier molecular flexibility index (Phi) is 5.93. The molecular formula is C21H20F2N6O3S. The van der Waals surface area contributed by atoms with Crippen molar-refractivity contribution >= 4 is 27.1 Å². The summed E-state index contributed by atoms with van der Waals surface area (Å²) in [5.41, 5.74) is 1.02. The van der Waals surface area contributed by atoms with Crippen LogP contribution in [0.15, 0.2) is 43.0 Å². The topological polar surface area (TPSA) is 111 Å². The lowest BCUT2D eigenvalue weighted by molar-refractivity contribution is 0.0984. The SMILES string of the molecule is CCCS(=O)(=O)Nc1ccc(F)c(C(=O)Cc2cnc3cc(-c4cnn(C)c4)nn3c2)c1F. The molecule has 1 N–H and O–H groups in total. The van der Waals surface area contributed by atoms with Crippen molar-refractivity contribution < 1.29 is 22.0 Å². The Morgan fingerprint density at radius 3 is 2.67 bits per heavy atom. The second-order valence-electron chi connectivity index (χ2n) is 7.50. The molecule has 33 heavy (non-hydrogen) atoms. The van der Waals surface area contributed by atoms with Crippen LogP contribution in [0, 0.1) is 11.6 Å². The number of ketones is 1. The van der Waals surface area contributed by atoms with Crippen LogP contribution in [-0.4, -0.2) is 44.3 Å². The molecule has 4 aromatic rings. The zero-order valence-electron chi connectivity index (χ0n) is 17.8. The molecule has 3 heterocycles. The van der Waals surface area contributed by atoms with Gasteiger partial charge >= 0.3 is 0 Å². The van der Waals surface area contributed by atoms with E-state index in [1.54, 1.807) is 43.3 Å². The van der Waals surface area contributed by atoms with Crippen molar-refractivity contribution in [3.63, 3.8) is 0 Å². The summed E-state index contributed by atoms with van der Waals surface area (Å²) in [6.45, 7) is 1.65. The predicted molar refractivity (Wildman–Crippen MR) is 117 cm³/mol. The molecule has 4 rings (SSSR count). The molecule has 0 bridgehead atoms. The van der Waals surface area contributed by atoms with E-state index in [2.05, 4.69) is 19.9 Å². The molecule has 172 valence electrons. The van der Waals surface area contributed by atoms with Crippen molar-refractivity contribution in [1.82, 2.24) is 24.4 Å². The molecule has 0 aliphatic rings. The maximum Gasteiger partial charge on any atom is 0.232 e. The van der Waals surface area contributed by atoms with Crippen molar-refractivity contribution in [1.29, 1.82) is 0 Å². The maximum atomic E-state index is 14.9. The average molecular weight is 474 g/mol. The van der Waals surface area contributed by atoms with E-state index in [1.165, 1.54) is 10.7 Å². The van der Waals surface area contributed by atoms with Gasteiger partial charge in [-0.05, 0) is 24.1 Å². The van der Waals surface area contributed by atoms with Crippen LogP contribution in [0.25, 0.3) is 16.9 Å². The van der Waals surface area contributed by atoms with Gasteiger partial charge in [0.15, 0.2) is 17.2 Å². The number of carbonyl (C=O) groups is 1. The summed E-state index contributed by atoms with van der Waals surface area (Å²) < 4.78 is 58.3. The molecule has 0 aliphatic carbocycles. The standard InChI is InChI=1S/C21H20F2N6O3S/c1-3-6-33(31,32)27-16-5-4-15(22)20(21(16)23)18(30)7-13-9-24-19-8-17(26-29(19)11-13)14-10-25-28(2)12-14/h4-5,8-12,27H,3,6-7H2,1-2H3. The minimum Gasteiger partial charge on any atom is -0.294 e. The van der Waals surface area contributed by atoms with Crippen molar-refractivity contribution in [2.24, 2.45) is 7.05 Å². The highest BCUT2D eigenvalue weighted by molar-refractivity contribution is 7.92. The number of sulfonamides is 1. The van der Waals surface area contributed by atoms with Crippen LogP contribution in [0.1, 0.15) is 29.3 Å². The first-order chi connectivity index (χ1) is 15.7. The number of anilines is 1. The van der Waals surface area contributed by atoms with E-state index in [1.807, 2.05) is 0 Å². The normalized spacial score (nSPS) is 11.8. The summed E-state index contributed by atoms with van der Waals surface area (Å²) in [6, 6.07) is 3.55. The number of rotatable bonds is 8. The highest BCUT2D eigenvalue weighted by atomic mass is 32.2. The predicted octanol–water partition coefficient (Wildman–Crippen LogP) is 2.99. The lowest BCUT2D eigenvalue weighted by atomic mass is 10.0. The Balaban J connectivity index is 1.60. The minimum atomic E-state index is -3.82. The fourth-order valence-corrected chi connectivity index (χ4v) is 4.48. The Bertz CT molecular complexity index is 1460. The molecule has 1 aromatic carbocycles. The fraction of sp³-hybridized carbons (Fsp3) is 0.238. The zero-order valence-corrected chi connectivity index (χ0v) is 18.6. The maximum absolute atomic E-state index is 14.9. The third-order valence-electron chi connectivity index (χ3n) is 4.84. The van der Waals surface area contributed by atoms with Gasteiger partial charge in [0.25, 0.3) is 0 Å². The van der Waals surface area contributed by atoms with Crippen molar-refractivity contribution in [3.8, 4) is 11.3 Å². The van der Waals surface area contributed by atoms with Crippen LogP contribution >= 0.6 is 0 Å². The quantitative estimate of drug-likeness (QED) is 0.393. The van der Waals surface area contributed by atoms with Crippen LogP contribution in [0.5, 0.6) is 0 Å². The number of nitrogens with one attached hydrogen (secondary N) is 1. The van der Waals surface area contributed by atoms with Crippen molar-refractivity contribution in [2.45, 2.75) is 19.8 Å². The Morgan fingerprint density at radius 2 is 1.97 bits per heavy atom. The second-order valence-corrected chi connectivity index (χ2v) is 9.34. The largest absolute Gasteiger partial charge is 0.294 e. The van der Waals surface area contributed by atoms with Gasteiger partial charge in [0.05, 0.1) is 28.9 Å². The van der Waals surface area contributed by atoms with E-state index in [0.717, 1.165) is 17.7 Å². The first-order valence-corrected chi connectivity index (χ1v) is 11.7. The first-order valence-electron chi connectivity index (χ1n) is 10.0. The van der Waals surface area contributed by atoms with Crippen LogP contribution in [0.4, 0.5) is 14.5 Å². The van der Waals surface area contributed by atoms with E-state index < -0.39 is 38.7 Å². The molecule has 0 spiro atoms. The molecular weight excluding hydrogens is 454 g/mol. The van der Waals surface area contributed by atoms with Gasteiger partial charge in [-0.2, -0.15) is 10.2 Å². The summed E-state index contributed by atoms with van der Waals surface area (Å²) in [4.78, 5) is 17.0. The van der Waals surface area contributed by atoms with Gasteiger partial charge in [-0.15, -0.1) is 0 Å². The smallest absolute Gasteiger partial charge is 0.232 e. The molecule has 0 saturated heterocycles. The molecule has 0 saturated carbocycles. The highest BCUT2D eigenvalue weighted by Gasteiger charge is 2.23. The summed E-state index contributed by atoms with van der Waals surface area (Å²) >= 11 is 0. The Labute approximate surface area is 188 Å². The number of aryl methyl sites for hydroxylation is 1. The number of nitrogens with zero attached hydrogens (tertiary/aromatic N) is 5.